The normalized spacial score (nSPS) is 19.3. The van der Waals surface area contributed by atoms with Crippen molar-refractivity contribution in [1.82, 2.24) is 0 Å². The van der Waals surface area contributed by atoms with Gasteiger partial charge in [-0.3, -0.25) is 0 Å². The van der Waals surface area contributed by atoms with E-state index in [1.807, 2.05) is 0 Å². The van der Waals surface area contributed by atoms with Crippen LogP contribution >= 0.6 is 8.58 Å². The van der Waals surface area contributed by atoms with Gasteiger partial charge in [-0.1, -0.05) is 0 Å². The minimum absolute atomic E-state index is 0.642. The zero-order valence-corrected chi connectivity index (χ0v) is 10.6. The van der Waals surface area contributed by atoms with Gasteiger partial charge in [0.15, 0.2) is 0 Å². The summed E-state index contributed by atoms with van der Waals surface area (Å²) in [5.41, 5.74) is 0. The maximum Gasteiger partial charge on any atom is -0.0475 e. The summed E-state index contributed by atoms with van der Waals surface area (Å²) in [6.07, 6.45) is 17.5. The SMILES string of the molecule is C1=C[CH]([Co][CH]2C=CC=C2)C=C1.CPC. The Morgan fingerprint density at radius 2 is 1.07 bits per heavy atom. The van der Waals surface area contributed by atoms with Gasteiger partial charge in [0.1, 0.15) is 0 Å². The number of hydrogen-bond donors (Lipinski definition) is 0. The predicted octanol–water partition coefficient (Wildman–Crippen LogP) is 3.82. The van der Waals surface area contributed by atoms with Crippen LogP contribution in [0.1, 0.15) is 0 Å². The van der Waals surface area contributed by atoms with Crippen LogP contribution in [-0.2, 0) is 14.7 Å². The molecule has 0 aromatic carbocycles. The topological polar surface area (TPSA) is 0 Å². The Balaban J connectivity index is 0.000000293. The quantitative estimate of drug-likeness (QED) is 0.654. The van der Waals surface area contributed by atoms with Gasteiger partial charge in [0, 0.05) is 0 Å². The van der Waals surface area contributed by atoms with Crippen LogP contribution in [0.2, 0.25) is 9.70 Å². The summed E-state index contributed by atoms with van der Waals surface area (Å²) in [6, 6.07) is 0. The van der Waals surface area contributed by atoms with Crippen molar-refractivity contribution in [3.05, 3.63) is 48.6 Å². The van der Waals surface area contributed by atoms with Gasteiger partial charge in [0.2, 0.25) is 0 Å². The molecule has 0 radical (unpaired) electrons. The van der Waals surface area contributed by atoms with Crippen LogP contribution in [0.25, 0.3) is 0 Å². The van der Waals surface area contributed by atoms with E-state index < -0.39 is 0 Å². The second-order valence-electron chi connectivity index (χ2n) is 2.98. The third-order valence-electron chi connectivity index (χ3n) is 1.62. The van der Waals surface area contributed by atoms with Crippen molar-refractivity contribution in [2.24, 2.45) is 0 Å². The molecule has 0 spiro atoms. The molecule has 0 fully saturated rings. The fraction of sp³-hybridized carbons (Fsp3) is 0.333. The van der Waals surface area contributed by atoms with E-state index in [-0.39, 0.29) is 0 Å². The Morgan fingerprint density at radius 1 is 0.786 bits per heavy atom. The van der Waals surface area contributed by atoms with Crippen LogP contribution in [0.4, 0.5) is 0 Å². The van der Waals surface area contributed by atoms with Gasteiger partial charge in [-0.15, -0.1) is 8.58 Å². The number of rotatable bonds is 2. The standard InChI is InChI=1S/2C5H5.C2H7P.Co/c2*1-2-4-5-3-1;1-3-2;/h2*1-5H;3H,1-2H3;. The minimum Gasteiger partial charge on any atom is -0.129 e. The molecule has 2 rings (SSSR count). The smallest absolute Gasteiger partial charge is 0.0475 e. The molecular weight excluding hydrogens is 234 g/mol. The average molecular weight is 251 g/mol. The molecule has 0 nitrogen and oxygen atoms in total. The second-order valence-corrected chi connectivity index (χ2v) is 5.72. The third kappa shape index (κ3) is 4.41. The fourth-order valence-corrected chi connectivity index (χ4v) is 2.47. The maximum absolute atomic E-state index is 2.25. The molecule has 0 heterocycles. The van der Waals surface area contributed by atoms with E-state index in [9.17, 15) is 0 Å². The summed E-state index contributed by atoms with van der Waals surface area (Å²) >= 11 is 1.51. The summed E-state index contributed by atoms with van der Waals surface area (Å²) in [5.74, 6) is 0. The average Bonchev–Trinajstić information content (AvgIpc) is 2.79. The maximum atomic E-state index is 2.25. The van der Waals surface area contributed by atoms with E-state index in [1.54, 1.807) is 0 Å². The van der Waals surface area contributed by atoms with E-state index >= 15 is 0 Å². The molecule has 0 aromatic rings. The van der Waals surface area contributed by atoms with E-state index in [1.165, 1.54) is 14.7 Å². The molecule has 2 heteroatoms. The van der Waals surface area contributed by atoms with Crippen LogP contribution in [0.15, 0.2) is 48.6 Å². The van der Waals surface area contributed by atoms with Crippen molar-refractivity contribution in [3.8, 4) is 0 Å². The third-order valence-corrected chi connectivity index (χ3v) is 3.23. The Morgan fingerprint density at radius 3 is 1.36 bits per heavy atom. The van der Waals surface area contributed by atoms with Crippen LogP contribution in [0.5, 0.6) is 0 Å². The molecule has 0 unspecified atom stereocenters. The van der Waals surface area contributed by atoms with Crippen LogP contribution in [-0.4, -0.2) is 13.3 Å². The molecule has 2 aliphatic carbocycles. The molecule has 0 bridgehead atoms. The number of allylic oxidation sites excluding steroid dienone is 8. The van der Waals surface area contributed by atoms with Crippen molar-refractivity contribution in [3.63, 3.8) is 0 Å². The molecule has 14 heavy (non-hydrogen) atoms. The predicted molar refractivity (Wildman–Crippen MR) is 64.2 cm³/mol. The molecule has 0 aromatic heterocycles. The summed E-state index contributed by atoms with van der Waals surface area (Å²) in [5, 5.41) is 0. The molecule has 0 saturated carbocycles. The summed E-state index contributed by atoms with van der Waals surface area (Å²) in [4.78, 5) is 1.28. The zero-order chi connectivity index (χ0) is 10.2. The molecule has 0 aliphatic heterocycles. The molecule has 0 N–H and O–H groups in total. The first-order valence-electron chi connectivity index (χ1n) is 4.72. The van der Waals surface area contributed by atoms with Gasteiger partial charge >= 0.3 is 73.0 Å². The van der Waals surface area contributed by atoms with E-state index in [4.69, 9.17) is 0 Å². The van der Waals surface area contributed by atoms with E-state index in [0.29, 0.717) is 9.70 Å². The van der Waals surface area contributed by atoms with Gasteiger partial charge in [0.25, 0.3) is 0 Å². The van der Waals surface area contributed by atoms with Gasteiger partial charge in [-0.25, -0.2) is 0 Å². The molecule has 2 aliphatic rings. The second kappa shape index (κ2) is 7.22. The van der Waals surface area contributed by atoms with Crippen LogP contribution in [0, 0.1) is 0 Å². The molecule has 0 atom stereocenters. The van der Waals surface area contributed by atoms with Crippen LogP contribution < -0.4 is 0 Å². The minimum atomic E-state index is 0.642. The van der Waals surface area contributed by atoms with Gasteiger partial charge < -0.3 is 0 Å². The van der Waals surface area contributed by atoms with Gasteiger partial charge in [0.05, 0.1) is 0 Å². The number of hydrogen-bond acceptors (Lipinski definition) is 0. The summed E-state index contributed by atoms with van der Waals surface area (Å²) in [6.45, 7) is 4.31. The Hall–Kier alpha value is -0.104. The Bertz CT molecular complexity index is 213. The van der Waals surface area contributed by atoms with Crippen molar-refractivity contribution < 1.29 is 14.7 Å². The first-order chi connectivity index (χ1) is 6.86. The molecular formula is C12H17CoP. The summed E-state index contributed by atoms with van der Waals surface area (Å²) < 4.78 is 0. The van der Waals surface area contributed by atoms with E-state index in [0.717, 1.165) is 8.58 Å². The molecule has 0 amide bonds. The molecule has 79 valence electrons. The largest absolute Gasteiger partial charge is 0.129 e. The van der Waals surface area contributed by atoms with E-state index in [2.05, 4.69) is 61.9 Å². The van der Waals surface area contributed by atoms with Gasteiger partial charge in [-0.2, -0.15) is 0 Å². The molecule has 0 saturated heterocycles. The van der Waals surface area contributed by atoms with Crippen molar-refractivity contribution >= 4 is 8.58 Å². The first-order valence-corrected chi connectivity index (χ1v) is 7.92. The van der Waals surface area contributed by atoms with Crippen molar-refractivity contribution in [2.45, 2.75) is 9.70 Å². The van der Waals surface area contributed by atoms with Crippen LogP contribution in [0.3, 0.4) is 0 Å². The Labute approximate surface area is 95.0 Å². The Kier molecular flexibility index (Phi) is 6.17. The first kappa shape index (κ1) is 12.0. The monoisotopic (exact) mass is 251 g/mol. The van der Waals surface area contributed by atoms with Crippen molar-refractivity contribution in [1.29, 1.82) is 0 Å². The fourth-order valence-electron chi connectivity index (χ4n) is 1.09. The zero-order valence-electron chi connectivity index (χ0n) is 8.61. The van der Waals surface area contributed by atoms with Gasteiger partial charge in [-0.05, 0) is 13.3 Å². The van der Waals surface area contributed by atoms with Crippen molar-refractivity contribution in [2.75, 3.05) is 13.3 Å². The summed E-state index contributed by atoms with van der Waals surface area (Å²) in [7, 11) is 1.08.